The number of benzene rings is 1. The van der Waals surface area contributed by atoms with E-state index in [-0.39, 0.29) is 6.42 Å². The Morgan fingerprint density at radius 2 is 2.16 bits per heavy atom. The van der Waals surface area contributed by atoms with Crippen molar-refractivity contribution in [3.63, 3.8) is 0 Å². The van der Waals surface area contributed by atoms with Gasteiger partial charge in [-0.1, -0.05) is 26.0 Å². The molecule has 1 aromatic carbocycles. The highest BCUT2D eigenvalue weighted by Crippen LogP contribution is 2.26. The van der Waals surface area contributed by atoms with E-state index in [0.29, 0.717) is 5.92 Å². The van der Waals surface area contributed by atoms with E-state index in [1.165, 1.54) is 0 Å². The van der Waals surface area contributed by atoms with Crippen molar-refractivity contribution in [2.24, 2.45) is 5.92 Å². The summed E-state index contributed by atoms with van der Waals surface area (Å²) in [6.45, 7) is 4.10. The Morgan fingerprint density at radius 1 is 1.42 bits per heavy atom. The van der Waals surface area contributed by atoms with Gasteiger partial charge in [-0.15, -0.1) is 0 Å². The molecule has 1 atom stereocenters. The SMILES string of the molecule is CC(C)c1cc2ccc(CC(C#N)C(=O)O)cc2o1. The third-order valence-corrected chi connectivity index (χ3v) is 3.07. The summed E-state index contributed by atoms with van der Waals surface area (Å²) in [5.41, 5.74) is 1.54. The van der Waals surface area contributed by atoms with Crippen LogP contribution in [0.4, 0.5) is 0 Å². The lowest BCUT2D eigenvalue weighted by atomic mass is 10.00. The number of hydrogen-bond acceptors (Lipinski definition) is 3. The Kier molecular flexibility index (Phi) is 3.57. The maximum Gasteiger partial charge on any atom is 0.321 e. The summed E-state index contributed by atoms with van der Waals surface area (Å²) in [6, 6.07) is 9.34. The molecule has 0 fully saturated rings. The molecule has 0 bridgehead atoms. The Labute approximate surface area is 111 Å². The molecule has 1 aromatic heterocycles. The average molecular weight is 257 g/mol. The first-order valence-electron chi connectivity index (χ1n) is 6.16. The number of nitriles is 1. The zero-order valence-electron chi connectivity index (χ0n) is 10.9. The number of carbonyl (C=O) groups is 1. The highest BCUT2D eigenvalue weighted by atomic mass is 16.4. The molecule has 0 aliphatic rings. The van der Waals surface area contributed by atoms with Crippen molar-refractivity contribution in [2.45, 2.75) is 26.2 Å². The zero-order valence-corrected chi connectivity index (χ0v) is 10.9. The quantitative estimate of drug-likeness (QED) is 0.911. The van der Waals surface area contributed by atoms with Gasteiger partial charge < -0.3 is 9.52 Å². The van der Waals surface area contributed by atoms with Crippen molar-refractivity contribution in [3.8, 4) is 6.07 Å². The minimum absolute atomic E-state index is 0.194. The molecule has 0 saturated heterocycles. The van der Waals surface area contributed by atoms with Gasteiger partial charge in [0.15, 0.2) is 0 Å². The summed E-state index contributed by atoms with van der Waals surface area (Å²) < 4.78 is 5.72. The molecule has 0 amide bonds. The molecule has 0 radical (unpaired) electrons. The van der Waals surface area contributed by atoms with Crippen LogP contribution in [0.15, 0.2) is 28.7 Å². The van der Waals surface area contributed by atoms with Gasteiger partial charge in [0.05, 0.1) is 6.07 Å². The molecule has 4 nitrogen and oxygen atoms in total. The fourth-order valence-electron chi connectivity index (χ4n) is 1.93. The second kappa shape index (κ2) is 5.15. The van der Waals surface area contributed by atoms with Crippen LogP contribution in [0.1, 0.15) is 31.1 Å². The molecule has 0 aliphatic carbocycles. The predicted octanol–water partition coefficient (Wildman–Crippen LogP) is 3.32. The number of furan rings is 1. The van der Waals surface area contributed by atoms with Crippen LogP contribution in [0.25, 0.3) is 11.0 Å². The molecule has 1 unspecified atom stereocenters. The number of rotatable bonds is 4. The van der Waals surface area contributed by atoms with E-state index in [1.807, 2.05) is 24.3 Å². The largest absolute Gasteiger partial charge is 0.480 e. The molecule has 2 aromatic rings. The van der Waals surface area contributed by atoms with Crippen LogP contribution < -0.4 is 0 Å². The van der Waals surface area contributed by atoms with Gasteiger partial charge in [0.1, 0.15) is 17.3 Å². The minimum Gasteiger partial charge on any atom is -0.480 e. The Bertz CT molecular complexity index is 649. The number of carboxylic acids is 1. The molecule has 0 spiro atoms. The van der Waals surface area contributed by atoms with Gasteiger partial charge >= 0.3 is 5.97 Å². The fraction of sp³-hybridized carbons (Fsp3) is 0.333. The normalized spacial score (nSPS) is 12.5. The van der Waals surface area contributed by atoms with E-state index < -0.39 is 11.9 Å². The molecule has 1 heterocycles. The molecule has 2 rings (SSSR count). The number of nitrogens with zero attached hydrogens (tertiary/aromatic N) is 1. The standard InChI is InChI=1S/C15H15NO3/c1-9(2)13-7-11-4-3-10(6-14(11)19-13)5-12(8-16)15(17)18/h3-4,6-7,9,12H,5H2,1-2H3,(H,17,18). The summed E-state index contributed by atoms with van der Waals surface area (Å²) >= 11 is 0. The van der Waals surface area contributed by atoms with Gasteiger partial charge in [-0.25, -0.2) is 0 Å². The zero-order chi connectivity index (χ0) is 14.0. The highest BCUT2D eigenvalue weighted by Gasteiger charge is 2.17. The second-order valence-electron chi connectivity index (χ2n) is 4.90. The molecule has 0 saturated carbocycles. The summed E-state index contributed by atoms with van der Waals surface area (Å²) in [5.74, 6) is -0.897. The number of fused-ring (bicyclic) bond motifs is 1. The Morgan fingerprint density at radius 3 is 2.74 bits per heavy atom. The summed E-state index contributed by atoms with van der Waals surface area (Å²) in [7, 11) is 0. The van der Waals surface area contributed by atoms with Crippen molar-refractivity contribution in [3.05, 3.63) is 35.6 Å². The van der Waals surface area contributed by atoms with Gasteiger partial charge in [0, 0.05) is 11.3 Å². The molecule has 4 heteroatoms. The third-order valence-electron chi connectivity index (χ3n) is 3.07. The topological polar surface area (TPSA) is 74.2 Å². The van der Waals surface area contributed by atoms with Crippen LogP contribution in [0.3, 0.4) is 0 Å². The second-order valence-corrected chi connectivity index (χ2v) is 4.90. The molecular formula is C15H15NO3. The lowest BCUT2D eigenvalue weighted by molar-refractivity contribution is -0.139. The highest BCUT2D eigenvalue weighted by molar-refractivity contribution is 5.79. The number of carboxylic acid groups (broad SMARTS) is 1. The van der Waals surface area contributed by atoms with Gasteiger partial charge in [-0.05, 0) is 24.1 Å². The lowest BCUT2D eigenvalue weighted by Gasteiger charge is -2.03. The maximum absolute atomic E-state index is 10.8. The first-order valence-corrected chi connectivity index (χ1v) is 6.16. The van der Waals surface area contributed by atoms with Crippen LogP contribution in [0.2, 0.25) is 0 Å². The van der Waals surface area contributed by atoms with Crippen LogP contribution in [-0.4, -0.2) is 11.1 Å². The third kappa shape index (κ3) is 2.76. The smallest absolute Gasteiger partial charge is 0.321 e. The van der Waals surface area contributed by atoms with Crippen LogP contribution in [-0.2, 0) is 11.2 Å². The van der Waals surface area contributed by atoms with Crippen LogP contribution >= 0.6 is 0 Å². The van der Waals surface area contributed by atoms with Crippen molar-refractivity contribution in [2.75, 3.05) is 0 Å². The molecule has 19 heavy (non-hydrogen) atoms. The van der Waals surface area contributed by atoms with Crippen molar-refractivity contribution in [1.29, 1.82) is 5.26 Å². The maximum atomic E-state index is 10.8. The Hall–Kier alpha value is -2.28. The van der Waals surface area contributed by atoms with Crippen molar-refractivity contribution in [1.82, 2.24) is 0 Å². The van der Waals surface area contributed by atoms with Gasteiger partial charge in [0.25, 0.3) is 0 Å². The number of aliphatic carboxylic acids is 1. The van der Waals surface area contributed by atoms with E-state index >= 15 is 0 Å². The molecule has 1 N–H and O–H groups in total. The van der Waals surface area contributed by atoms with Crippen molar-refractivity contribution >= 4 is 16.9 Å². The summed E-state index contributed by atoms with van der Waals surface area (Å²) in [4.78, 5) is 10.8. The first kappa shape index (κ1) is 13.2. The van der Waals surface area contributed by atoms with Crippen LogP contribution in [0.5, 0.6) is 0 Å². The Balaban J connectivity index is 2.31. The predicted molar refractivity (Wildman–Crippen MR) is 70.7 cm³/mol. The van der Waals surface area contributed by atoms with E-state index in [9.17, 15) is 4.79 Å². The van der Waals surface area contributed by atoms with Gasteiger partial charge in [0.2, 0.25) is 0 Å². The molecule has 98 valence electrons. The van der Waals surface area contributed by atoms with Crippen LogP contribution in [0, 0.1) is 17.2 Å². The number of hydrogen-bond donors (Lipinski definition) is 1. The molecular weight excluding hydrogens is 242 g/mol. The van der Waals surface area contributed by atoms with Gasteiger partial charge in [-0.3, -0.25) is 4.79 Å². The minimum atomic E-state index is -1.09. The summed E-state index contributed by atoms with van der Waals surface area (Å²) in [6.07, 6.45) is 0.194. The van der Waals surface area contributed by atoms with E-state index in [0.717, 1.165) is 22.3 Å². The molecule has 0 aliphatic heterocycles. The lowest BCUT2D eigenvalue weighted by Crippen LogP contribution is -2.14. The monoisotopic (exact) mass is 257 g/mol. The van der Waals surface area contributed by atoms with E-state index in [2.05, 4.69) is 13.8 Å². The average Bonchev–Trinajstić information content (AvgIpc) is 2.78. The van der Waals surface area contributed by atoms with Gasteiger partial charge in [-0.2, -0.15) is 5.26 Å². The fourth-order valence-corrected chi connectivity index (χ4v) is 1.93. The summed E-state index contributed by atoms with van der Waals surface area (Å²) in [5, 5.41) is 18.7. The van der Waals surface area contributed by atoms with E-state index in [4.69, 9.17) is 14.8 Å². The van der Waals surface area contributed by atoms with Crippen molar-refractivity contribution < 1.29 is 14.3 Å². The van der Waals surface area contributed by atoms with E-state index in [1.54, 1.807) is 6.07 Å². The first-order chi connectivity index (χ1) is 9.01.